The summed E-state index contributed by atoms with van der Waals surface area (Å²) >= 11 is 0. The normalized spacial score (nSPS) is 16.2. The first-order valence-electron chi connectivity index (χ1n) is 8.20. The Morgan fingerprint density at radius 1 is 1.04 bits per heavy atom. The Morgan fingerprint density at radius 3 is 2.16 bits per heavy atom. The maximum Gasteiger partial charge on any atom is 0.257 e. The summed E-state index contributed by atoms with van der Waals surface area (Å²) in [6, 6.07) is 5.39. The number of furan rings is 1. The van der Waals surface area contributed by atoms with Gasteiger partial charge < -0.3 is 9.32 Å². The third-order valence-corrected chi connectivity index (χ3v) is 6.70. The molecule has 1 aromatic carbocycles. The van der Waals surface area contributed by atoms with E-state index in [1.807, 2.05) is 32.9 Å². The lowest BCUT2D eigenvalue weighted by Gasteiger charge is -2.34. The third-order valence-electron chi connectivity index (χ3n) is 4.50. The third kappa shape index (κ3) is 3.34. The second kappa shape index (κ2) is 6.65. The summed E-state index contributed by atoms with van der Waals surface area (Å²) in [6.07, 6.45) is 2.86. The zero-order valence-corrected chi connectivity index (χ0v) is 15.5. The predicted molar refractivity (Wildman–Crippen MR) is 94.0 cm³/mol. The van der Waals surface area contributed by atoms with Crippen molar-refractivity contribution in [1.82, 2.24) is 9.21 Å². The molecule has 0 spiro atoms. The van der Waals surface area contributed by atoms with Crippen molar-refractivity contribution in [3.8, 4) is 0 Å². The molecule has 0 unspecified atom stereocenters. The molecule has 3 rings (SSSR count). The summed E-state index contributed by atoms with van der Waals surface area (Å²) < 4.78 is 32.5. The molecule has 1 aliphatic rings. The van der Waals surface area contributed by atoms with Gasteiger partial charge in [-0.25, -0.2) is 8.42 Å². The molecule has 2 aromatic rings. The zero-order chi connectivity index (χ0) is 18.2. The van der Waals surface area contributed by atoms with Crippen LogP contribution in [-0.4, -0.2) is 49.7 Å². The molecule has 0 saturated carbocycles. The molecule has 7 heteroatoms. The van der Waals surface area contributed by atoms with Crippen LogP contribution in [0.3, 0.4) is 0 Å². The Hall–Kier alpha value is -2.12. The SMILES string of the molecule is Cc1cc(C)c(S(=O)(=O)N2CCN(C(=O)c3ccoc3)CC2)c(C)c1. The summed E-state index contributed by atoms with van der Waals surface area (Å²) in [5.41, 5.74) is 3.05. The monoisotopic (exact) mass is 362 g/mol. The molecular weight excluding hydrogens is 340 g/mol. The molecule has 6 nitrogen and oxygen atoms in total. The molecule has 0 atom stereocenters. The van der Waals surface area contributed by atoms with Crippen LogP contribution >= 0.6 is 0 Å². The average Bonchev–Trinajstić information content (AvgIpc) is 3.07. The van der Waals surface area contributed by atoms with Crippen LogP contribution in [0.2, 0.25) is 0 Å². The molecular formula is C18H22N2O4S. The van der Waals surface area contributed by atoms with Gasteiger partial charge in [-0.1, -0.05) is 17.7 Å². The number of carbonyl (C=O) groups excluding carboxylic acids is 1. The van der Waals surface area contributed by atoms with Gasteiger partial charge in [-0.15, -0.1) is 0 Å². The molecule has 1 aromatic heterocycles. The lowest BCUT2D eigenvalue weighted by molar-refractivity contribution is 0.0697. The van der Waals surface area contributed by atoms with E-state index in [2.05, 4.69) is 0 Å². The molecule has 0 bridgehead atoms. The van der Waals surface area contributed by atoms with Gasteiger partial charge in [0.1, 0.15) is 6.26 Å². The van der Waals surface area contributed by atoms with E-state index >= 15 is 0 Å². The summed E-state index contributed by atoms with van der Waals surface area (Å²) in [5.74, 6) is -0.131. The van der Waals surface area contributed by atoms with E-state index in [9.17, 15) is 13.2 Å². The van der Waals surface area contributed by atoms with Crippen molar-refractivity contribution in [3.05, 3.63) is 53.0 Å². The van der Waals surface area contributed by atoms with Crippen molar-refractivity contribution >= 4 is 15.9 Å². The van der Waals surface area contributed by atoms with E-state index in [4.69, 9.17) is 4.42 Å². The molecule has 1 aliphatic heterocycles. The lowest BCUT2D eigenvalue weighted by Crippen LogP contribution is -2.50. The molecule has 1 saturated heterocycles. The molecule has 134 valence electrons. The number of rotatable bonds is 3. The number of aryl methyl sites for hydroxylation is 3. The number of piperazine rings is 1. The molecule has 1 amide bonds. The highest BCUT2D eigenvalue weighted by Crippen LogP contribution is 2.26. The fourth-order valence-corrected chi connectivity index (χ4v) is 5.24. The standard InChI is InChI=1S/C18H22N2O4S/c1-13-10-14(2)17(15(3)11-13)25(22,23)20-7-5-19(6-8-20)18(21)16-4-9-24-12-16/h4,9-12H,5-8H2,1-3H3. The summed E-state index contributed by atoms with van der Waals surface area (Å²) in [5, 5.41) is 0. The Kier molecular flexibility index (Phi) is 4.71. The van der Waals surface area contributed by atoms with Crippen molar-refractivity contribution in [2.75, 3.05) is 26.2 Å². The van der Waals surface area contributed by atoms with Gasteiger partial charge in [-0.3, -0.25) is 4.79 Å². The van der Waals surface area contributed by atoms with E-state index in [0.29, 0.717) is 36.6 Å². The number of nitrogens with zero attached hydrogens (tertiary/aromatic N) is 2. The highest BCUT2D eigenvalue weighted by molar-refractivity contribution is 7.89. The van der Waals surface area contributed by atoms with Crippen LogP contribution in [0.15, 0.2) is 40.0 Å². The quantitative estimate of drug-likeness (QED) is 0.840. The first-order valence-corrected chi connectivity index (χ1v) is 9.64. The Balaban J connectivity index is 1.77. The van der Waals surface area contributed by atoms with E-state index in [1.165, 1.54) is 16.8 Å². The Morgan fingerprint density at radius 2 is 1.64 bits per heavy atom. The molecule has 0 N–H and O–H groups in total. The van der Waals surface area contributed by atoms with Gasteiger partial charge in [-0.05, 0) is 38.0 Å². The molecule has 1 fully saturated rings. The minimum Gasteiger partial charge on any atom is -0.472 e. The summed E-state index contributed by atoms with van der Waals surface area (Å²) in [6.45, 7) is 6.92. The van der Waals surface area contributed by atoms with Crippen molar-refractivity contribution in [2.45, 2.75) is 25.7 Å². The van der Waals surface area contributed by atoms with Crippen LogP contribution in [0.5, 0.6) is 0 Å². The number of amides is 1. The predicted octanol–water partition coefficient (Wildman–Crippen LogP) is 2.35. The van der Waals surface area contributed by atoms with Gasteiger partial charge in [0.05, 0.1) is 16.7 Å². The average molecular weight is 362 g/mol. The van der Waals surface area contributed by atoms with Crippen LogP contribution in [0.1, 0.15) is 27.0 Å². The Labute approximate surface area is 148 Å². The van der Waals surface area contributed by atoms with E-state index in [0.717, 1.165) is 16.7 Å². The number of sulfonamides is 1. The number of carbonyl (C=O) groups is 1. The van der Waals surface area contributed by atoms with Gasteiger partial charge in [0, 0.05) is 26.2 Å². The second-order valence-corrected chi connectivity index (χ2v) is 8.31. The largest absolute Gasteiger partial charge is 0.472 e. The van der Waals surface area contributed by atoms with E-state index < -0.39 is 10.0 Å². The number of hydrogen-bond donors (Lipinski definition) is 0. The summed E-state index contributed by atoms with van der Waals surface area (Å²) in [4.78, 5) is 14.4. The van der Waals surface area contributed by atoms with Crippen molar-refractivity contribution in [2.24, 2.45) is 0 Å². The first kappa shape index (κ1) is 17.7. The minimum absolute atomic E-state index is 0.131. The Bertz CT molecular complexity index is 857. The highest BCUT2D eigenvalue weighted by atomic mass is 32.2. The maximum absolute atomic E-state index is 13.1. The summed E-state index contributed by atoms with van der Waals surface area (Å²) in [7, 11) is -3.57. The van der Waals surface area contributed by atoms with Gasteiger partial charge in [0.15, 0.2) is 0 Å². The number of hydrogen-bond acceptors (Lipinski definition) is 4. The minimum atomic E-state index is -3.57. The van der Waals surface area contributed by atoms with Crippen molar-refractivity contribution in [3.63, 3.8) is 0 Å². The first-order chi connectivity index (χ1) is 11.8. The van der Waals surface area contributed by atoms with Gasteiger partial charge in [0.25, 0.3) is 5.91 Å². The zero-order valence-electron chi connectivity index (χ0n) is 14.7. The lowest BCUT2D eigenvalue weighted by atomic mass is 10.1. The highest BCUT2D eigenvalue weighted by Gasteiger charge is 2.32. The fraction of sp³-hybridized carbons (Fsp3) is 0.389. The van der Waals surface area contributed by atoms with Crippen LogP contribution in [-0.2, 0) is 10.0 Å². The molecule has 0 radical (unpaired) electrons. The van der Waals surface area contributed by atoms with Gasteiger partial charge in [-0.2, -0.15) is 4.31 Å². The van der Waals surface area contributed by atoms with Crippen LogP contribution < -0.4 is 0 Å². The molecule has 25 heavy (non-hydrogen) atoms. The van der Waals surface area contributed by atoms with Gasteiger partial charge >= 0.3 is 0 Å². The molecule has 2 heterocycles. The maximum atomic E-state index is 13.1. The van der Waals surface area contributed by atoms with Crippen LogP contribution in [0, 0.1) is 20.8 Å². The molecule has 0 aliphatic carbocycles. The van der Waals surface area contributed by atoms with E-state index in [-0.39, 0.29) is 5.91 Å². The fourth-order valence-electron chi connectivity index (χ4n) is 3.40. The van der Waals surface area contributed by atoms with Crippen molar-refractivity contribution in [1.29, 1.82) is 0 Å². The van der Waals surface area contributed by atoms with Crippen LogP contribution in [0.4, 0.5) is 0 Å². The van der Waals surface area contributed by atoms with E-state index in [1.54, 1.807) is 11.0 Å². The van der Waals surface area contributed by atoms with Crippen LogP contribution in [0.25, 0.3) is 0 Å². The van der Waals surface area contributed by atoms with Crippen molar-refractivity contribution < 1.29 is 17.6 Å². The van der Waals surface area contributed by atoms with Gasteiger partial charge in [0.2, 0.25) is 10.0 Å². The smallest absolute Gasteiger partial charge is 0.257 e. The number of benzene rings is 1. The second-order valence-electron chi connectivity index (χ2n) is 6.44. The topological polar surface area (TPSA) is 70.8 Å².